The molecule has 0 radical (unpaired) electrons. The number of piperidine rings is 1. The number of nitrogens with zero attached hydrogens (tertiary/aromatic N) is 2. The summed E-state index contributed by atoms with van der Waals surface area (Å²) < 4.78 is 33.5. The van der Waals surface area contributed by atoms with Crippen molar-refractivity contribution in [2.45, 2.75) is 62.8 Å². The summed E-state index contributed by atoms with van der Waals surface area (Å²) in [4.78, 5) is 15.7. The van der Waals surface area contributed by atoms with E-state index in [-0.39, 0.29) is 16.8 Å². The van der Waals surface area contributed by atoms with Gasteiger partial charge in [0, 0.05) is 37.9 Å². The molecule has 8 heteroatoms. The second-order valence-electron chi connectivity index (χ2n) is 9.08. The van der Waals surface area contributed by atoms with Crippen LogP contribution in [0.5, 0.6) is 0 Å². The van der Waals surface area contributed by atoms with Crippen LogP contribution in [0, 0.1) is 5.92 Å². The lowest BCUT2D eigenvalue weighted by Crippen LogP contribution is -2.43. The summed E-state index contributed by atoms with van der Waals surface area (Å²) in [6.07, 6.45) is 7.26. The molecule has 0 aromatic heterocycles. The minimum atomic E-state index is -3.60. The Kier molecular flexibility index (Phi) is 7.19. The third-order valence-electron chi connectivity index (χ3n) is 6.95. The summed E-state index contributed by atoms with van der Waals surface area (Å²) in [5, 5.41) is 3.22. The predicted molar refractivity (Wildman–Crippen MR) is 121 cm³/mol. The Bertz CT molecular complexity index is 877. The van der Waals surface area contributed by atoms with Crippen LogP contribution in [0.1, 0.15) is 62.2 Å². The monoisotopic (exact) mass is 449 g/mol. The standard InChI is InChI=1S/C23H35N3O4S/c1-18-7-3-4-8-21(18)24-23(27)20-17-19(31(28,29)26-11-5-2-6-12-26)9-10-22(20)25-13-15-30-16-14-25/h9-10,17-18,21H,2-8,11-16H2,1H3,(H,24,27)/t18-,21+/m1/s1. The van der Waals surface area contributed by atoms with E-state index in [1.807, 2.05) is 0 Å². The van der Waals surface area contributed by atoms with Gasteiger partial charge in [-0.1, -0.05) is 26.2 Å². The fourth-order valence-electron chi connectivity index (χ4n) is 4.97. The maximum atomic E-state index is 13.4. The summed E-state index contributed by atoms with van der Waals surface area (Å²) >= 11 is 0. The smallest absolute Gasteiger partial charge is 0.253 e. The Morgan fingerprint density at radius 3 is 2.42 bits per heavy atom. The van der Waals surface area contributed by atoms with Crippen LogP contribution in [0.25, 0.3) is 0 Å². The zero-order valence-electron chi connectivity index (χ0n) is 18.5. The lowest BCUT2D eigenvalue weighted by Gasteiger charge is -2.33. The largest absolute Gasteiger partial charge is 0.378 e. The van der Waals surface area contributed by atoms with Crippen LogP contribution in [0.3, 0.4) is 0 Å². The number of carbonyl (C=O) groups is 1. The second-order valence-corrected chi connectivity index (χ2v) is 11.0. The number of hydrogen-bond donors (Lipinski definition) is 1. The maximum Gasteiger partial charge on any atom is 0.253 e. The van der Waals surface area contributed by atoms with Gasteiger partial charge >= 0.3 is 0 Å². The number of morpholine rings is 1. The Labute approximate surface area is 186 Å². The molecule has 0 bridgehead atoms. The highest BCUT2D eigenvalue weighted by Crippen LogP contribution is 2.29. The van der Waals surface area contributed by atoms with Crippen molar-refractivity contribution in [3.05, 3.63) is 23.8 Å². The van der Waals surface area contributed by atoms with Crippen molar-refractivity contribution >= 4 is 21.6 Å². The Hall–Kier alpha value is -1.64. The number of benzene rings is 1. The maximum absolute atomic E-state index is 13.4. The van der Waals surface area contributed by atoms with Crippen LogP contribution < -0.4 is 10.2 Å². The Morgan fingerprint density at radius 1 is 1.00 bits per heavy atom. The topological polar surface area (TPSA) is 79.0 Å². The Balaban J connectivity index is 1.65. The third kappa shape index (κ3) is 5.07. The van der Waals surface area contributed by atoms with Crippen molar-refractivity contribution in [2.75, 3.05) is 44.3 Å². The molecule has 1 aliphatic carbocycles. The normalized spacial score (nSPS) is 25.9. The highest BCUT2D eigenvalue weighted by atomic mass is 32.2. The molecule has 1 saturated carbocycles. The molecule has 1 aromatic carbocycles. The van der Waals surface area contributed by atoms with E-state index in [4.69, 9.17) is 4.74 Å². The van der Waals surface area contributed by atoms with Gasteiger partial charge in [-0.25, -0.2) is 8.42 Å². The zero-order valence-corrected chi connectivity index (χ0v) is 19.3. The van der Waals surface area contributed by atoms with Gasteiger partial charge in [0.2, 0.25) is 10.0 Å². The van der Waals surface area contributed by atoms with Crippen LogP contribution >= 0.6 is 0 Å². The first-order valence-electron chi connectivity index (χ1n) is 11.7. The number of hydrogen-bond acceptors (Lipinski definition) is 5. The van der Waals surface area contributed by atoms with E-state index in [0.29, 0.717) is 50.9 Å². The molecule has 1 N–H and O–H groups in total. The summed E-state index contributed by atoms with van der Waals surface area (Å²) in [5.41, 5.74) is 1.25. The van der Waals surface area contributed by atoms with Crippen LogP contribution in [0.4, 0.5) is 5.69 Å². The van der Waals surface area contributed by atoms with Gasteiger partial charge in [0.25, 0.3) is 5.91 Å². The lowest BCUT2D eigenvalue weighted by molar-refractivity contribution is 0.0909. The molecule has 0 spiro atoms. The second kappa shape index (κ2) is 9.88. The van der Waals surface area contributed by atoms with Gasteiger partial charge < -0.3 is 15.0 Å². The van der Waals surface area contributed by atoms with Crippen molar-refractivity contribution in [3.63, 3.8) is 0 Å². The van der Waals surface area contributed by atoms with Crippen molar-refractivity contribution in [2.24, 2.45) is 5.92 Å². The fraction of sp³-hybridized carbons (Fsp3) is 0.696. The van der Waals surface area contributed by atoms with E-state index in [9.17, 15) is 13.2 Å². The zero-order chi connectivity index (χ0) is 21.8. The molecule has 2 atom stereocenters. The van der Waals surface area contributed by atoms with Gasteiger partial charge in [0.05, 0.1) is 23.7 Å². The quantitative estimate of drug-likeness (QED) is 0.748. The first-order chi connectivity index (χ1) is 15.0. The molecular formula is C23H35N3O4S. The summed E-state index contributed by atoms with van der Waals surface area (Å²) in [5.74, 6) is 0.265. The highest BCUT2D eigenvalue weighted by Gasteiger charge is 2.30. The third-order valence-corrected chi connectivity index (χ3v) is 8.84. The lowest BCUT2D eigenvalue weighted by atomic mass is 9.86. The molecule has 0 unspecified atom stereocenters. The Morgan fingerprint density at radius 2 is 1.71 bits per heavy atom. The van der Waals surface area contributed by atoms with E-state index < -0.39 is 10.0 Å². The number of amides is 1. The van der Waals surface area contributed by atoms with Gasteiger partial charge in [-0.05, 0) is 49.8 Å². The van der Waals surface area contributed by atoms with Gasteiger partial charge in [0.1, 0.15) is 0 Å². The minimum Gasteiger partial charge on any atom is -0.378 e. The SMILES string of the molecule is C[C@@H]1CCCC[C@@H]1NC(=O)c1cc(S(=O)(=O)N2CCCCC2)ccc1N1CCOCC1. The van der Waals surface area contributed by atoms with E-state index in [1.54, 1.807) is 22.5 Å². The van der Waals surface area contributed by atoms with Crippen molar-refractivity contribution in [1.29, 1.82) is 0 Å². The van der Waals surface area contributed by atoms with Crippen molar-refractivity contribution in [3.8, 4) is 0 Å². The van der Waals surface area contributed by atoms with Gasteiger partial charge in [0.15, 0.2) is 0 Å². The van der Waals surface area contributed by atoms with Gasteiger partial charge in [-0.3, -0.25) is 4.79 Å². The molecule has 1 aromatic rings. The van der Waals surface area contributed by atoms with E-state index in [0.717, 1.165) is 44.2 Å². The fourth-order valence-corrected chi connectivity index (χ4v) is 6.51. The van der Waals surface area contributed by atoms with Crippen LogP contribution in [-0.2, 0) is 14.8 Å². The number of nitrogens with one attached hydrogen (secondary N) is 1. The van der Waals surface area contributed by atoms with Crippen LogP contribution in [0.15, 0.2) is 23.1 Å². The molecule has 1 amide bonds. The molecule has 31 heavy (non-hydrogen) atoms. The summed E-state index contributed by atoms with van der Waals surface area (Å²) in [7, 11) is -3.60. The molecule has 4 rings (SSSR count). The summed E-state index contributed by atoms with van der Waals surface area (Å²) in [6.45, 7) is 5.88. The molecule has 3 fully saturated rings. The molecule has 2 aliphatic heterocycles. The number of rotatable bonds is 5. The molecule has 172 valence electrons. The average molecular weight is 450 g/mol. The van der Waals surface area contributed by atoms with Gasteiger partial charge in [-0.2, -0.15) is 4.31 Å². The van der Waals surface area contributed by atoms with E-state index >= 15 is 0 Å². The highest BCUT2D eigenvalue weighted by molar-refractivity contribution is 7.89. The van der Waals surface area contributed by atoms with E-state index in [2.05, 4.69) is 17.1 Å². The molecular weight excluding hydrogens is 414 g/mol. The molecule has 3 aliphatic rings. The average Bonchev–Trinajstić information content (AvgIpc) is 2.81. The number of ether oxygens (including phenoxy) is 1. The van der Waals surface area contributed by atoms with Crippen LogP contribution in [0.2, 0.25) is 0 Å². The van der Waals surface area contributed by atoms with E-state index in [1.165, 1.54) is 6.42 Å². The van der Waals surface area contributed by atoms with Crippen LogP contribution in [-0.4, -0.2) is 64.1 Å². The molecule has 7 nitrogen and oxygen atoms in total. The summed E-state index contributed by atoms with van der Waals surface area (Å²) in [6, 6.07) is 5.20. The number of sulfonamides is 1. The van der Waals surface area contributed by atoms with Gasteiger partial charge in [-0.15, -0.1) is 0 Å². The minimum absolute atomic E-state index is 0.140. The first-order valence-corrected chi connectivity index (χ1v) is 13.2. The number of carbonyl (C=O) groups excluding carboxylic acids is 1. The van der Waals surface area contributed by atoms with Crippen molar-refractivity contribution < 1.29 is 17.9 Å². The predicted octanol–water partition coefficient (Wildman–Crippen LogP) is 3.01. The molecule has 2 saturated heterocycles. The molecule has 2 heterocycles. The number of anilines is 1. The first kappa shape index (κ1) is 22.6. The van der Waals surface area contributed by atoms with Crippen molar-refractivity contribution in [1.82, 2.24) is 9.62 Å².